The van der Waals surface area contributed by atoms with Crippen LogP contribution in [-0.2, 0) is 6.54 Å². The molecule has 86 valence electrons. The van der Waals surface area contributed by atoms with Crippen molar-refractivity contribution in [3.63, 3.8) is 0 Å². The largest absolute Gasteiger partial charge is 0.454 e. The first kappa shape index (κ1) is 13.0. The Kier molecular flexibility index (Phi) is 6.32. The molecule has 0 spiro atoms. The van der Waals surface area contributed by atoms with Crippen molar-refractivity contribution in [2.24, 2.45) is 0 Å². The Morgan fingerprint density at radius 1 is 1.40 bits per heavy atom. The van der Waals surface area contributed by atoms with Crippen LogP contribution in [0.15, 0.2) is 16.5 Å². The summed E-state index contributed by atoms with van der Waals surface area (Å²) in [6.45, 7) is 5.32. The first-order valence-corrected chi connectivity index (χ1v) is 6.78. The van der Waals surface area contributed by atoms with Crippen molar-refractivity contribution in [1.29, 1.82) is 0 Å². The second-order valence-corrected chi connectivity index (χ2v) is 5.05. The van der Waals surface area contributed by atoms with Crippen molar-refractivity contribution in [3.8, 4) is 0 Å². The minimum absolute atomic E-state index is 0.583. The summed E-state index contributed by atoms with van der Waals surface area (Å²) in [5, 5.41) is 3.47. The van der Waals surface area contributed by atoms with Crippen molar-refractivity contribution in [2.75, 3.05) is 0 Å². The van der Waals surface area contributed by atoms with Crippen LogP contribution in [-0.4, -0.2) is 6.04 Å². The Labute approximate surface area is 106 Å². The number of halogens is 1. The van der Waals surface area contributed by atoms with E-state index in [9.17, 15) is 0 Å². The number of furan rings is 1. The topological polar surface area (TPSA) is 25.2 Å². The van der Waals surface area contributed by atoms with E-state index in [-0.39, 0.29) is 0 Å². The number of nitrogens with one attached hydrogen (secondary N) is 1. The van der Waals surface area contributed by atoms with Gasteiger partial charge in [-0.2, -0.15) is 0 Å². The van der Waals surface area contributed by atoms with Crippen LogP contribution < -0.4 is 5.32 Å². The van der Waals surface area contributed by atoms with Crippen molar-refractivity contribution in [3.05, 3.63) is 21.7 Å². The molecular weight excluding hydrogens is 301 g/mol. The minimum Gasteiger partial charge on any atom is -0.454 e. The number of hydrogen-bond acceptors (Lipinski definition) is 2. The zero-order valence-corrected chi connectivity index (χ0v) is 11.7. The Balaban J connectivity index is 2.13. The Hall–Kier alpha value is -0.0300. The van der Waals surface area contributed by atoms with Gasteiger partial charge in [-0.05, 0) is 48.1 Å². The van der Waals surface area contributed by atoms with E-state index in [1.54, 1.807) is 0 Å². The van der Waals surface area contributed by atoms with Crippen molar-refractivity contribution in [1.82, 2.24) is 5.32 Å². The van der Waals surface area contributed by atoms with Crippen LogP contribution in [0.5, 0.6) is 0 Å². The molecule has 0 aromatic carbocycles. The van der Waals surface area contributed by atoms with Crippen molar-refractivity contribution in [2.45, 2.75) is 52.1 Å². The smallest absolute Gasteiger partial charge is 0.164 e. The maximum absolute atomic E-state index is 5.48. The van der Waals surface area contributed by atoms with Gasteiger partial charge in [-0.25, -0.2) is 0 Å². The van der Waals surface area contributed by atoms with Crippen LogP contribution in [0.3, 0.4) is 0 Å². The lowest BCUT2D eigenvalue weighted by atomic mass is 10.1. The van der Waals surface area contributed by atoms with E-state index in [4.69, 9.17) is 4.42 Å². The summed E-state index contributed by atoms with van der Waals surface area (Å²) in [5.74, 6) is 1.03. The van der Waals surface area contributed by atoms with Crippen molar-refractivity contribution < 1.29 is 4.42 Å². The molecule has 0 radical (unpaired) electrons. The van der Waals surface area contributed by atoms with Crippen LogP contribution in [0.4, 0.5) is 0 Å². The molecule has 0 fully saturated rings. The van der Waals surface area contributed by atoms with E-state index in [2.05, 4.69) is 41.8 Å². The van der Waals surface area contributed by atoms with Gasteiger partial charge in [-0.1, -0.05) is 26.2 Å². The molecule has 3 heteroatoms. The summed E-state index contributed by atoms with van der Waals surface area (Å²) >= 11 is 2.19. The molecule has 0 aliphatic carbocycles. The number of hydrogen-bond donors (Lipinski definition) is 1. The van der Waals surface area contributed by atoms with E-state index < -0.39 is 0 Å². The van der Waals surface area contributed by atoms with Crippen LogP contribution in [0.1, 0.15) is 45.3 Å². The van der Waals surface area contributed by atoms with Crippen LogP contribution in [0.25, 0.3) is 0 Å². The van der Waals surface area contributed by atoms with Gasteiger partial charge < -0.3 is 9.73 Å². The third-order valence-corrected chi connectivity index (χ3v) is 3.07. The molecule has 0 amide bonds. The molecule has 0 saturated heterocycles. The number of rotatable bonds is 7. The maximum Gasteiger partial charge on any atom is 0.164 e. The SMILES string of the molecule is CCCCCC(C)NCc1ccc(I)o1. The summed E-state index contributed by atoms with van der Waals surface area (Å²) in [4.78, 5) is 0. The lowest BCUT2D eigenvalue weighted by Crippen LogP contribution is -2.25. The van der Waals surface area contributed by atoms with Gasteiger partial charge >= 0.3 is 0 Å². The summed E-state index contributed by atoms with van der Waals surface area (Å²) < 4.78 is 6.44. The molecule has 1 aromatic rings. The predicted octanol–water partition coefficient (Wildman–Crippen LogP) is 3.94. The predicted molar refractivity (Wildman–Crippen MR) is 71.9 cm³/mol. The molecule has 1 unspecified atom stereocenters. The van der Waals surface area contributed by atoms with Crippen LogP contribution in [0, 0.1) is 3.77 Å². The van der Waals surface area contributed by atoms with Gasteiger partial charge in [-0.15, -0.1) is 0 Å². The standard InChI is InChI=1S/C12H20INO/c1-3-4-5-6-10(2)14-9-11-7-8-12(13)15-11/h7-8,10,14H,3-6,9H2,1-2H3. The summed E-state index contributed by atoms with van der Waals surface area (Å²) in [5.41, 5.74) is 0. The lowest BCUT2D eigenvalue weighted by molar-refractivity contribution is 0.424. The van der Waals surface area contributed by atoms with Gasteiger partial charge in [0.1, 0.15) is 5.76 Å². The third-order valence-electron chi connectivity index (χ3n) is 2.49. The molecule has 2 nitrogen and oxygen atoms in total. The summed E-state index contributed by atoms with van der Waals surface area (Å²) in [7, 11) is 0. The summed E-state index contributed by atoms with van der Waals surface area (Å²) in [6.07, 6.45) is 5.21. The zero-order valence-electron chi connectivity index (χ0n) is 9.55. The second-order valence-electron chi connectivity index (χ2n) is 3.98. The van der Waals surface area contributed by atoms with Gasteiger partial charge in [-0.3, -0.25) is 0 Å². The highest BCUT2D eigenvalue weighted by molar-refractivity contribution is 14.1. The molecule has 1 rings (SSSR count). The Bertz CT molecular complexity index is 272. The second kappa shape index (κ2) is 7.28. The fourth-order valence-corrected chi connectivity index (χ4v) is 1.99. The van der Waals surface area contributed by atoms with E-state index in [1.165, 1.54) is 25.7 Å². The molecule has 15 heavy (non-hydrogen) atoms. The molecule has 1 heterocycles. The van der Waals surface area contributed by atoms with Gasteiger partial charge in [0.2, 0.25) is 0 Å². The van der Waals surface area contributed by atoms with Crippen LogP contribution >= 0.6 is 22.6 Å². The molecule has 0 saturated carbocycles. The van der Waals surface area contributed by atoms with Gasteiger partial charge in [0.05, 0.1) is 6.54 Å². The average Bonchev–Trinajstić information content (AvgIpc) is 2.62. The quantitative estimate of drug-likeness (QED) is 0.608. The first-order valence-electron chi connectivity index (χ1n) is 5.70. The monoisotopic (exact) mass is 321 g/mol. The van der Waals surface area contributed by atoms with Crippen LogP contribution in [0.2, 0.25) is 0 Å². The van der Waals surface area contributed by atoms with E-state index in [1.807, 2.05) is 12.1 Å². The zero-order chi connectivity index (χ0) is 11.1. The third kappa shape index (κ3) is 5.56. The highest BCUT2D eigenvalue weighted by Crippen LogP contribution is 2.10. The van der Waals surface area contributed by atoms with Gasteiger partial charge in [0.25, 0.3) is 0 Å². The van der Waals surface area contributed by atoms with E-state index in [0.717, 1.165) is 16.1 Å². The molecule has 0 aliphatic heterocycles. The van der Waals surface area contributed by atoms with E-state index in [0.29, 0.717) is 6.04 Å². The van der Waals surface area contributed by atoms with E-state index >= 15 is 0 Å². The highest BCUT2D eigenvalue weighted by Gasteiger charge is 2.03. The molecule has 1 N–H and O–H groups in total. The molecule has 1 atom stereocenters. The molecule has 0 aliphatic rings. The average molecular weight is 321 g/mol. The molecule has 0 bridgehead atoms. The fraction of sp³-hybridized carbons (Fsp3) is 0.667. The normalized spacial score (nSPS) is 13.0. The fourth-order valence-electron chi connectivity index (χ4n) is 1.52. The number of unbranched alkanes of at least 4 members (excludes halogenated alkanes) is 2. The minimum atomic E-state index is 0.583. The Morgan fingerprint density at radius 2 is 2.20 bits per heavy atom. The maximum atomic E-state index is 5.48. The summed E-state index contributed by atoms with van der Waals surface area (Å²) in [6, 6.07) is 4.62. The Morgan fingerprint density at radius 3 is 2.80 bits per heavy atom. The highest BCUT2D eigenvalue weighted by atomic mass is 127. The lowest BCUT2D eigenvalue weighted by Gasteiger charge is -2.11. The molecular formula is C12H20INO. The van der Waals surface area contributed by atoms with Gasteiger partial charge in [0.15, 0.2) is 3.77 Å². The van der Waals surface area contributed by atoms with Crippen molar-refractivity contribution >= 4 is 22.6 Å². The molecule has 1 aromatic heterocycles. The first-order chi connectivity index (χ1) is 7.22. The van der Waals surface area contributed by atoms with Gasteiger partial charge in [0, 0.05) is 6.04 Å².